The third-order valence-electron chi connectivity index (χ3n) is 3.96. The average molecular weight is 446 g/mol. The number of guanidine groups is 1. The SMILES string of the molecule is CCNC(=NCc1cc(C#N)ccc1F)NC1CCC(O)CC1.I. The number of hydrogen-bond donors (Lipinski definition) is 3. The van der Waals surface area contributed by atoms with Gasteiger partial charge in [0.05, 0.1) is 24.3 Å². The van der Waals surface area contributed by atoms with Gasteiger partial charge in [-0.2, -0.15) is 5.26 Å². The van der Waals surface area contributed by atoms with Gasteiger partial charge < -0.3 is 15.7 Å². The molecule has 0 amide bonds. The number of hydrogen-bond acceptors (Lipinski definition) is 3. The van der Waals surface area contributed by atoms with Crippen LogP contribution in [0.3, 0.4) is 0 Å². The molecule has 0 bridgehead atoms. The van der Waals surface area contributed by atoms with Crippen molar-refractivity contribution >= 4 is 29.9 Å². The number of aliphatic hydroxyl groups is 1. The third-order valence-corrected chi connectivity index (χ3v) is 3.96. The van der Waals surface area contributed by atoms with E-state index in [4.69, 9.17) is 5.26 Å². The van der Waals surface area contributed by atoms with E-state index in [1.807, 2.05) is 13.0 Å². The monoisotopic (exact) mass is 446 g/mol. The van der Waals surface area contributed by atoms with Crippen molar-refractivity contribution in [2.45, 2.75) is 51.3 Å². The Morgan fingerprint density at radius 2 is 2.08 bits per heavy atom. The van der Waals surface area contributed by atoms with Crippen LogP contribution in [-0.4, -0.2) is 29.8 Å². The first kappa shape index (κ1) is 20.6. The fourth-order valence-electron chi connectivity index (χ4n) is 2.66. The maximum Gasteiger partial charge on any atom is 0.191 e. The van der Waals surface area contributed by atoms with E-state index in [1.165, 1.54) is 18.2 Å². The highest BCUT2D eigenvalue weighted by molar-refractivity contribution is 14.0. The zero-order valence-corrected chi connectivity index (χ0v) is 16.1. The Bertz CT molecular complexity index is 595. The Balaban J connectivity index is 0.00000288. The maximum atomic E-state index is 13.8. The largest absolute Gasteiger partial charge is 0.393 e. The molecule has 0 saturated heterocycles. The Labute approximate surface area is 159 Å². The normalized spacial score (nSPS) is 20.7. The van der Waals surface area contributed by atoms with Gasteiger partial charge >= 0.3 is 0 Å². The van der Waals surface area contributed by atoms with Crippen molar-refractivity contribution in [1.29, 1.82) is 5.26 Å². The first-order valence-electron chi connectivity index (χ1n) is 8.03. The summed E-state index contributed by atoms with van der Waals surface area (Å²) < 4.78 is 13.8. The molecule has 0 aromatic heterocycles. The molecule has 0 radical (unpaired) electrons. The molecule has 0 unspecified atom stereocenters. The van der Waals surface area contributed by atoms with E-state index in [0.29, 0.717) is 23.6 Å². The minimum atomic E-state index is -0.357. The summed E-state index contributed by atoms with van der Waals surface area (Å²) in [6, 6.07) is 6.56. The smallest absolute Gasteiger partial charge is 0.191 e. The fourth-order valence-corrected chi connectivity index (χ4v) is 2.66. The molecule has 0 heterocycles. The van der Waals surface area contributed by atoms with Crippen molar-refractivity contribution in [3.05, 3.63) is 35.1 Å². The van der Waals surface area contributed by atoms with Gasteiger partial charge in [-0.25, -0.2) is 9.38 Å². The molecule has 7 heteroatoms. The van der Waals surface area contributed by atoms with Crippen molar-refractivity contribution < 1.29 is 9.50 Å². The van der Waals surface area contributed by atoms with Gasteiger partial charge in [0.15, 0.2) is 5.96 Å². The van der Waals surface area contributed by atoms with Gasteiger partial charge in [-0.3, -0.25) is 0 Å². The van der Waals surface area contributed by atoms with Crippen LogP contribution in [0.2, 0.25) is 0 Å². The van der Waals surface area contributed by atoms with Crippen LogP contribution in [0, 0.1) is 17.1 Å². The van der Waals surface area contributed by atoms with Crippen LogP contribution in [0.5, 0.6) is 0 Å². The predicted molar refractivity (Wildman–Crippen MR) is 103 cm³/mol. The van der Waals surface area contributed by atoms with Crippen LogP contribution in [0.25, 0.3) is 0 Å². The average Bonchev–Trinajstić information content (AvgIpc) is 2.56. The fraction of sp³-hybridized carbons (Fsp3) is 0.529. The molecule has 1 fully saturated rings. The van der Waals surface area contributed by atoms with E-state index in [9.17, 15) is 9.50 Å². The standard InChI is InChI=1S/C17H23FN4O.HI/c1-2-20-17(22-14-4-6-15(23)7-5-14)21-11-13-9-12(10-19)3-8-16(13)18;/h3,8-9,14-15,23H,2,4-7,11H2,1H3,(H2,20,21,22);1H. The summed E-state index contributed by atoms with van der Waals surface area (Å²) in [6.07, 6.45) is 3.16. The molecule has 132 valence electrons. The first-order valence-corrected chi connectivity index (χ1v) is 8.03. The summed E-state index contributed by atoms with van der Waals surface area (Å²) in [7, 11) is 0. The highest BCUT2D eigenvalue weighted by Gasteiger charge is 2.20. The Hall–Kier alpha value is -1.40. The highest BCUT2D eigenvalue weighted by Crippen LogP contribution is 2.18. The first-order chi connectivity index (χ1) is 11.1. The summed E-state index contributed by atoms with van der Waals surface area (Å²) in [5.74, 6) is 0.278. The number of nitrogens with one attached hydrogen (secondary N) is 2. The van der Waals surface area contributed by atoms with E-state index >= 15 is 0 Å². The third kappa shape index (κ3) is 6.24. The molecular weight excluding hydrogens is 422 g/mol. The molecule has 1 aliphatic carbocycles. The molecule has 1 aromatic rings. The zero-order valence-electron chi connectivity index (χ0n) is 13.8. The molecule has 24 heavy (non-hydrogen) atoms. The molecule has 2 rings (SSSR count). The summed E-state index contributed by atoms with van der Waals surface area (Å²) >= 11 is 0. The summed E-state index contributed by atoms with van der Waals surface area (Å²) in [5.41, 5.74) is 0.830. The molecule has 1 aliphatic rings. The number of benzene rings is 1. The highest BCUT2D eigenvalue weighted by atomic mass is 127. The quantitative estimate of drug-likeness (QED) is 0.378. The number of aliphatic imine (C=N–C) groups is 1. The van der Waals surface area contributed by atoms with Crippen LogP contribution < -0.4 is 10.6 Å². The lowest BCUT2D eigenvalue weighted by Gasteiger charge is -2.27. The van der Waals surface area contributed by atoms with Crippen molar-refractivity contribution in [3.8, 4) is 6.07 Å². The van der Waals surface area contributed by atoms with E-state index < -0.39 is 0 Å². The maximum absolute atomic E-state index is 13.8. The molecule has 5 nitrogen and oxygen atoms in total. The van der Waals surface area contributed by atoms with Crippen molar-refractivity contribution in [2.75, 3.05) is 6.54 Å². The van der Waals surface area contributed by atoms with Gasteiger partial charge in [-0.05, 0) is 50.8 Å². The van der Waals surface area contributed by atoms with Gasteiger partial charge in [0.1, 0.15) is 5.82 Å². The molecule has 0 aliphatic heterocycles. The second kappa shape index (κ2) is 10.5. The van der Waals surface area contributed by atoms with Crippen molar-refractivity contribution in [1.82, 2.24) is 10.6 Å². The summed E-state index contributed by atoms with van der Waals surface area (Å²) in [5, 5.41) is 24.9. The molecule has 3 N–H and O–H groups in total. The van der Waals surface area contributed by atoms with E-state index in [0.717, 1.165) is 25.7 Å². The topological polar surface area (TPSA) is 80.4 Å². The Morgan fingerprint density at radius 3 is 2.71 bits per heavy atom. The van der Waals surface area contributed by atoms with Crippen LogP contribution >= 0.6 is 24.0 Å². The summed E-state index contributed by atoms with van der Waals surface area (Å²) in [4.78, 5) is 4.42. The van der Waals surface area contributed by atoms with E-state index in [1.54, 1.807) is 0 Å². The minimum absolute atomic E-state index is 0. The van der Waals surface area contributed by atoms with Gasteiger partial charge in [-0.15, -0.1) is 24.0 Å². The lowest BCUT2D eigenvalue weighted by molar-refractivity contribution is 0.120. The van der Waals surface area contributed by atoms with E-state index in [-0.39, 0.29) is 48.5 Å². The second-order valence-electron chi connectivity index (χ2n) is 5.76. The zero-order chi connectivity index (χ0) is 16.7. The van der Waals surface area contributed by atoms with Crippen molar-refractivity contribution in [2.24, 2.45) is 4.99 Å². The lowest BCUT2D eigenvalue weighted by Crippen LogP contribution is -2.45. The van der Waals surface area contributed by atoms with Crippen LogP contribution in [-0.2, 0) is 6.54 Å². The van der Waals surface area contributed by atoms with Gasteiger partial charge in [0.25, 0.3) is 0 Å². The molecule has 1 saturated carbocycles. The lowest BCUT2D eigenvalue weighted by atomic mass is 9.93. The number of nitriles is 1. The number of nitrogens with zero attached hydrogens (tertiary/aromatic N) is 2. The minimum Gasteiger partial charge on any atom is -0.393 e. The second-order valence-corrected chi connectivity index (χ2v) is 5.76. The van der Waals surface area contributed by atoms with Gasteiger partial charge in [0, 0.05) is 18.2 Å². The molecule has 0 atom stereocenters. The Kier molecular flexibility index (Phi) is 9.00. The number of aliphatic hydroxyl groups excluding tert-OH is 1. The summed E-state index contributed by atoms with van der Waals surface area (Å²) in [6.45, 7) is 2.85. The van der Waals surface area contributed by atoms with Crippen molar-refractivity contribution in [3.63, 3.8) is 0 Å². The van der Waals surface area contributed by atoms with Crippen LogP contribution in [0.1, 0.15) is 43.7 Å². The van der Waals surface area contributed by atoms with Gasteiger partial charge in [0.2, 0.25) is 0 Å². The van der Waals surface area contributed by atoms with Gasteiger partial charge in [-0.1, -0.05) is 0 Å². The number of rotatable bonds is 4. The van der Waals surface area contributed by atoms with E-state index in [2.05, 4.69) is 15.6 Å². The van der Waals surface area contributed by atoms with Crippen LogP contribution in [0.15, 0.2) is 23.2 Å². The molecule has 1 aromatic carbocycles. The number of halogens is 2. The molecular formula is C17H24FIN4O. The van der Waals surface area contributed by atoms with Crippen LogP contribution in [0.4, 0.5) is 4.39 Å². The Morgan fingerprint density at radius 1 is 1.38 bits per heavy atom. The molecule has 0 spiro atoms. The predicted octanol–water partition coefficient (Wildman–Crippen LogP) is 2.67.